The van der Waals surface area contributed by atoms with Gasteiger partial charge in [-0.05, 0) is 31.7 Å². The first-order valence-corrected chi connectivity index (χ1v) is 5.80. The lowest BCUT2D eigenvalue weighted by molar-refractivity contribution is 0.0933. The molecule has 84 valence electrons. The van der Waals surface area contributed by atoms with Crippen molar-refractivity contribution in [2.45, 2.75) is 33.6 Å². The van der Waals surface area contributed by atoms with Crippen molar-refractivity contribution in [3.8, 4) is 0 Å². The van der Waals surface area contributed by atoms with Gasteiger partial charge in [-0.25, -0.2) is 0 Å². The second-order valence-electron chi connectivity index (χ2n) is 5.49. The molecule has 0 bridgehead atoms. The molecule has 1 fully saturated rings. The second-order valence-corrected chi connectivity index (χ2v) is 5.49. The Morgan fingerprint density at radius 3 is 2.43 bits per heavy atom. The van der Waals surface area contributed by atoms with E-state index in [2.05, 4.69) is 32.7 Å². The minimum Gasteiger partial charge on any atom is -0.396 e. The van der Waals surface area contributed by atoms with Crippen LogP contribution < -0.4 is 0 Å². The predicted octanol–water partition coefficient (Wildman–Crippen LogP) is 1.98. The molecule has 2 nitrogen and oxygen atoms in total. The van der Waals surface area contributed by atoms with Crippen LogP contribution in [0.4, 0.5) is 0 Å². The van der Waals surface area contributed by atoms with Crippen LogP contribution in [-0.4, -0.2) is 36.8 Å². The van der Waals surface area contributed by atoms with Crippen LogP contribution in [0.3, 0.4) is 0 Å². The molecule has 0 aromatic carbocycles. The zero-order valence-corrected chi connectivity index (χ0v) is 10.1. The first-order chi connectivity index (χ1) is 6.50. The van der Waals surface area contributed by atoms with Crippen LogP contribution in [0.1, 0.15) is 33.6 Å². The smallest absolute Gasteiger partial charge is 0.0496 e. The normalized spacial score (nSPS) is 30.4. The van der Waals surface area contributed by atoms with E-state index < -0.39 is 0 Å². The van der Waals surface area contributed by atoms with Crippen molar-refractivity contribution in [2.75, 3.05) is 26.7 Å². The van der Waals surface area contributed by atoms with Crippen LogP contribution in [0.15, 0.2) is 0 Å². The Bertz CT molecular complexity index is 177. The Labute approximate surface area is 88.3 Å². The van der Waals surface area contributed by atoms with Gasteiger partial charge in [-0.1, -0.05) is 20.8 Å². The number of rotatable bonds is 6. The average Bonchev–Trinajstić information content (AvgIpc) is 2.81. The topological polar surface area (TPSA) is 23.5 Å². The minimum atomic E-state index is 0.0902. The van der Waals surface area contributed by atoms with E-state index in [1.54, 1.807) is 0 Å². The zero-order valence-electron chi connectivity index (χ0n) is 10.1. The van der Waals surface area contributed by atoms with Gasteiger partial charge in [0.05, 0.1) is 0 Å². The number of aliphatic hydroxyl groups is 1. The summed E-state index contributed by atoms with van der Waals surface area (Å²) in [5.41, 5.74) is 0.0902. The maximum absolute atomic E-state index is 9.31. The van der Waals surface area contributed by atoms with E-state index in [0.717, 1.165) is 24.8 Å². The van der Waals surface area contributed by atoms with Crippen LogP contribution >= 0.6 is 0 Å². The molecular weight excluding hydrogens is 174 g/mol. The van der Waals surface area contributed by atoms with Crippen molar-refractivity contribution in [3.63, 3.8) is 0 Å². The molecule has 0 heterocycles. The predicted molar refractivity (Wildman–Crippen MR) is 60.3 cm³/mol. The van der Waals surface area contributed by atoms with Gasteiger partial charge in [0, 0.05) is 25.1 Å². The SMILES string of the molecule is CCC(C)(CO)CN(C)CC1CC1C. The molecule has 0 aromatic rings. The van der Waals surface area contributed by atoms with Gasteiger partial charge in [-0.15, -0.1) is 0 Å². The Kier molecular flexibility index (Phi) is 3.96. The average molecular weight is 199 g/mol. The molecule has 14 heavy (non-hydrogen) atoms. The van der Waals surface area contributed by atoms with Crippen LogP contribution in [-0.2, 0) is 0 Å². The van der Waals surface area contributed by atoms with Crippen molar-refractivity contribution < 1.29 is 5.11 Å². The fourth-order valence-electron chi connectivity index (χ4n) is 2.04. The van der Waals surface area contributed by atoms with E-state index >= 15 is 0 Å². The van der Waals surface area contributed by atoms with Gasteiger partial charge < -0.3 is 10.0 Å². The Balaban J connectivity index is 2.27. The van der Waals surface area contributed by atoms with Gasteiger partial charge in [0.25, 0.3) is 0 Å². The quantitative estimate of drug-likeness (QED) is 0.707. The third-order valence-electron chi connectivity index (χ3n) is 3.71. The molecule has 0 spiro atoms. The van der Waals surface area contributed by atoms with Crippen LogP contribution in [0.25, 0.3) is 0 Å². The van der Waals surface area contributed by atoms with Gasteiger partial charge in [-0.2, -0.15) is 0 Å². The van der Waals surface area contributed by atoms with Crippen molar-refractivity contribution in [3.05, 3.63) is 0 Å². The van der Waals surface area contributed by atoms with E-state index in [1.807, 2.05) is 0 Å². The maximum Gasteiger partial charge on any atom is 0.0496 e. The minimum absolute atomic E-state index is 0.0902. The summed E-state index contributed by atoms with van der Waals surface area (Å²) < 4.78 is 0. The summed E-state index contributed by atoms with van der Waals surface area (Å²) in [5.74, 6) is 1.85. The van der Waals surface area contributed by atoms with Crippen molar-refractivity contribution >= 4 is 0 Å². The summed E-state index contributed by atoms with van der Waals surface area (Å²) >= 11 is 0. The highest BCUT2D eigenvalue weighted by Crippen LogP contribution is 2.38. The molecule has 0 aliphatic heterocycles. The molecular formula is C12H25NO. The summed E-state index contributed by atoms with van der Waals surface area (Å²) in [4.78, 5) is 2.38. The first-order valence-electron chi connectivity index (χ1n) is 5.80. The fraction of sp³-hybridized carbons (Fsp3) is 1.00. The highest BCUT2D eigenvalue weighted by Gasteiger charge is 2.34. The Morgan fingerprint density at radius 1 is 1.50 bits per heavy atom. The lowest BCUT2D eigenvalue weighted by atomic mass is 9.88. The maximum atomic E-state index is 9.31. The third kappa shape index (κ3) is 3.25. The molecule has 1 aliphatic rings. The summed E-state index contributed by atoms with van der Waals surface area (Å²) in [7, 11) is 2.18. The van der Waals surface area contributed by atoms with Gasteiger partial charge in [0.1, 0.15) is 0 Å². The largest absolute Gasteiger partial charge is 0.396 e. The van der Waals surface area contributed by atoms with Gasteiger partial charge >= 0.3 is 0 Å². The Morgan fingerprint density at radius 2 is 2.07 bits per heavy atom. The number of nitrogens with zero attached hydrogens (tertiary/aromatic N) is 1. The van der Waals surface area contributed by atoms with Crippen molar-refractivity contribution in [1.29, 1.82) is 0 Å². The van der Waals surface area contributed by atoms with E-state index in [9.17, 15) is 5.11 Å². The number of hydrogen-bond donors (Lipinski definition) is 1. The molecule has 0 aromatic heterocycles. The summed E-state index contributed by atoms with van der Waals surface area (Å²) in [6, 6.07) is 0. The third-order valence-corrected chi connectivity index (χ3v) is 3.71. The molecule has 3 unspecified atom stereocenters. The number of aliphatic hydroxyl groups excluding tert-OH is 1. The molecule has 1 aliphatic carbocycles. The molecule has 1 rings (SSSR count). The van der Waals surface area contributed by atoms with Crippen molar-refractivity contribution in [1.82, 2.24) is 4.90 Å². The fourth-order valence-corrected chi connectivity index (χ4v) is 2.04. The van der Waals surface area contributed by atoms with E-state index in [4.69, 9.17) is 0 Å². The zero-order chi connectivity index (χ0) is 10.8. The van der Waals surface area contributed by atoms with E-state index in [1.165, 1.54) is 13.0 Å². The molecule has 0 radical (unpaired) electrons. The molecule has 1 saturated carbocycles. The van der Waals surface area contributed by atoms with Crippen molar-refractivity contribution in [2.24, 2.45) is 17.3 Å². The summed E-state index contributed by atoms with van der Waals surface area (Å²) in [6.07, 6.45) is 2.44. The molecule has 0 saturated heterocycles. The van der Waals surface area contributed by atoms with E-state index in [0.29, 0.717) is 6.61 Å². The molecule has 0 amide bonds. The van der Waals surface area contributed by atoms with Crippen LogP contribution in [0.5, 0.6) is 0 Å². The monoisotopic (exact) mass is 199 g/mol. The highest BCUT2D eigenvalue weighted by atomic mass is 16.3. The van der Waals surface area contributed by atoms with Gasteiger partial charge in [0.2, 0.25) is 0 Å². The van der Waals surface area contributed by atoms with E-state index in [-0.39, 0.29) is 5.41 Å². The molecule has 1 N–H and O–H groups in total. The Hall–Kier alpha value is -0.0800. The molecule has 3 atom stereocenters. The van der Waals surface area contributed by atoms with Gasteiger partial charge in [-0.3, -0.25) is 0 Å². The second kappa shape index (κ2) is 4.63. The lowest BCUT2D eigenvalue weighted by Crippen LogP contribution is -2.36. The summed E-state index contributed by atoms with van der Waals surface area (Å²) in [6.45, 7) is 9.17. The molecule has 2 heteroatoms. The number of hydrogen-bond acceptors (Lipinski definition) is 2. The first kappa shape index (κ1) is 12.0. The standard InChI is InChI=1S/C12H25NO/c1-5-12(3,9-14)8-13(4)7-11-6-10(11)2/h10-11,14H,5-9H2,1-4H3. The lowest BCUT2D eigenvalue weighted by Gasteiger charge is -2.31. The van der Waals surface area contributed by atoms with Gasteiger partial charge in [0.15, 0.2) is 0 Å². The van der Waals surface area contributed by atoms with Crippen LogP contribution in [0.2, 0.25) is 0 Å². The van der Waals surface area contributed by atoms with Crippen LogP contribution in [0, 0.1) is 17.3 Å². The summed E-state index contributed by atoms with van der Waals surface area (Å²) in [5, 5.41) is 9.31. The highest BCUT2D eigenvalue weighted by molar-refractivity contribution is 4.86.